The summed E-state index contributed by atoms with van der Waals surface area (Å²) < 4.78 is 0. The van der Waals surface area contributed by atoms with Gasteiger partial charge in [0.25, 0.3) is 0 Å². The van der Waals surface area contributed by atoms with Crippen molar-refractivity contribution in [3.05, 3.63) is 28.8 Å². The van der Waals surface area contributed by atoms with Crippen molar-refractivity contribution in [3.8, 4) is 0 Å². The van der Waals surface area contributed by atoms with E-state index in [1.807, 2.05) is 0 Å². The second kappa shape index (κ2) is 5.79. The van der Waals surface area contributed by atoms with Crippen molar-refractivity contribution < 1.29 is 0 Å². The topological polar surface area (TPSA) is 12.4 Å². The van der Waals surface area contributed by atoms with Crippen molar-refractivity contribution in [3.63, 3.8) is 0 Å². The molecule has 0 aliphatic carbocycles. The molecule has 2 heteroatoms. The molecule has 0 amide bonds. The van der Waals surface area contributed by atoms with Crippen molar-refractivity contribution in [2.24, 2.45) is 4.99 Å². The first-order valence-electron chi connectivity index (χ1n) is 7.25. The SMILES string of the molecule is CC(C)c1cc(C(C)(C)C)c(N=C=S)c(C(C)(C)C)c1. The maximum Gasteiger partial charge on any atom is 0.0814 e. The molecule has 20 heavy (non-hydrogen) atoms. The number of nitrogens with zero attached hydrogens (tertiary/aromatic N) is 1. The maximum absolute atomic E-state index is 4.87. The van der Waals surface area contributed by atoms with Crippen LogP contribution in [0.5, 0.6) is 0 Å². The molecule has 0 atom stereocenters. The molecule has 0 radical (unpaired) electrons. The van der Waals surface area contributed by atoms with Gasteiger partial charge in [0, 0.05) is 0 Å². The Morgan fingerprint density at radius 2 is 1.35 bits per heavy atom. The molecular formula is C18H27NS. The minimum Gasteiger partial charge on any atom is -0.194 e. The van der Waals surface area contributed by atoms with Crippen LogP contribution in [0.25, 0.3) is 0 Å². The van der Waals surface area contributed by atoms with Crippen LogP contribution in [-0.4, -0.2) is 5.16 Å². The highest BCUT2D eigenvalue weighted by Crippen LogP contribution is 2.41. The number of isothiocyanates is 1. The monoisotopic (exact) mass is 289 g/mol. The van der Waals surface area contributed by atoms with Crippen LogP contribution in [0, 0.1) is 0 Å². The van der Waals surface area contributed by atoms with Gasteiger partial charge >= 0.3 is 0 Å². The van der Waals surface area contributed by atoms with E-state index >= 15 is 0 Å². The van der Waals surface area contributed by atoms with Crippen LogP contribution < -0.4 is 0 Å². The van der Waals surface area contributed by atoms with E-state index in [-0.39, 0.29) is 10.8 Å². The number of hydrogen-bond donors (Lipinski definition) is 0. The Hall–Kier alpha value is -0.980. The molecule has 1 aromatic rings. The van der Waals surface area contributed by atoms with Gasteiger partial charge in [-0.3, -0.25) is 0 Å². The smallest absolute Gasteiger partial charge is 0.0814 e. The summed E-state index contributed by atoms with van der Waals surface area (Å²) in [6, 6.07) is 4.57. The van der Waals surface area contributed by atoms with Crippen molar-refractivity contribution >= 4 is 23.1 Å². The zero-order valence-corrected chi connectivity index (χ0v) is 14.9. The highest BCUT2D eigenvalue weighted by atomic mass is 32.1. The minimum absolute atomic E-state index is 0.0376. The zero-order chi connectivity index (χ0) is 15.7. The average molecular weight is 289 g/mol. The third-order valence-electron chi connectivity index (χ3n) is 3.57. The fourth-order valence-corrected chi connectivity index (χ4v) is 2.39. The summed E-state index contributed by atoms with van der Waals surface area (Å²) in [7, 11) is 0. The Balaban J connectivity index is 3.81. The molecule has 0 spiro atoms. The Bertz CT molecular complexity index is 501. The van der Waals surface area contributed by atoms with Gasteiger partial charge in [0.1, 0.15) is 0 Å². The molecule has 110 valence electrons. The van der Waals surface area contributed by atoms with Gasteiger partial charge in [0.05, 0.1) is 10.8 Å². The van der Waals surface area contributed by atoms with E-state index in [0.29, 0.717) is 5.92 Å². The van der Waals surface area contributed by atoms with Gasteiger partial charge in [-0.2, -0.15) is 4.99 Å². The molecule has 0 fully saturated rings. The van der Waals surface area contributed by atoms with Gasteiger partial charge in [0.15, 0.2) is 0 Å². The third kappa shape index (κ3) is 3.77. The summed E-state index contributed by atoms with van der Waals surface area (Å²) in [5.41, 5.74) is 4.95. The van der Waals surface area contributed by atoms with Crippen LogP contribution in [0.3, 0.4) is 0 Å². The van der Waals surface area contributed by atoms with Gasteiger partial charge in [0.2, 0.25) is 0 Å². The van der Waals surface area contributed by atoms with E-state index in [0.717, 1.165) is 5.69 Å². The second-order valence-corrected chi connectivity index (χ2v) is 8.00. The molecular weight excluding hydrogens is 262 g/mol. The highest BCUT2D eigenvalue weighted by molar-refractivity contribution is 7.78. The van der Waals surface area contributed by atoms with Gasteiger partial charge in [-0.05, 0) is 45.7 Å². The molecule has 0 saturated heterocycles. The molecule has 0 aromatic heterocycles. The van der Waals surface area contributed by atoms with E-state index in [2.05, 4.69) is 77.7 Å². The van der Waals surface area contributed by atoms with Crippen molar-refractivity contribution in [2.75, 3.05) is 0 Å². The zero-order valence-electron chi connectivity index (χ0n) is 14.1. The van der Waals surface area contributed by atoms with Gasteiger partial charge < -0.3 is 0 Å². The predicted molar refractivity (Wildman–Crippen MR) is 92.6 cm³/mol. The molecule has 0 heterocycles. The molecule has 1 rings (SSSR count). The Morgan fingerprint density at radius 1 is 0.950 bits per heavy atom. The quantitative estimate of drug-likeness (QED) is 0.470. The number of hydrogen-bond acceptors (Lipinski definition) is 2. The van der Waals surface area contributed by atoms with Crippen molar-refractivity contribution in [1.82, 2.24) is 0 Å². The fourth-order valence-electron chi connectivity index (χ4n) is 2.30. The summed E-state index contributed by atoms with van der Waals surface area (Å²) in [5, 5.41) is 2.57. The number of thiocarbonyl (C=S) groups is 1. The molecule has 0 N–H and O–H groups in total. The lowest BCUT2D eigenvalue weighted by Gasteiger charge is -2.29. The molecule has 0 unspecified atom stereocenters. The summed E-state index contributed by atoms with van der Waals surface area (Å²) in [4.78, 5) is 4.40. The second-order valence-electron chi connectivity index (χ2n) is 7.82. The first-order valence-corrected chi connectivity index (χ1v) is 7.66. The lowest BCUT2D eigenvalue weighted by molar-refractivity contribution is 0.568. The van der Waals surface area contributed by atoms with Crippen molar-refractivity contribution in [2.45, 2.75) is 72.1 Å². The highest BCUT2D eigenvalue weighted by Gasteiger charge is 2.26. The Morgan fingerprint density at radius 3 is 1.60 bits per heavy atom. The van der Waals surface area contributed by atoms with Gasteiger partial charge in [-0.25, -0.2) is 0 Å². The van der Waals surface area contributed by atoms with Crippen molar-refractivity contribution in [1.29, 1.82) is 0 Å². The number of benzene rings is 1. The lowest BCUT2D eigenvalue weighted by Crippen LogP contribution is -2.18. The molecule has 0 aliphatic heterocycles. The molecule has 1 aromatic carbocycles. The van der Waals surface area contributed by atoms with Crippen LogP contribution in [0.15, 0.2) is 17.1 Å². The summed E-state index contributed by atoms with van der Waals surface area (Å²) in [6.07, 6.45) is 0. The van der Waals surface area contributed by atoms with Crippen LogP contribution >= 0.6 is 12.2 Å². The first kappa shape index (κ1) is 17.1. The lowest BCUT2D eigenvalue weighted by atomic mass is 9.76. The van der Waals surface area contributed by atoms with Crippen LogP contribution in [0.1, 0.15) is 78.0 Å². The minimum atomic E-state index is 0.0376. The summed E-state index contributed by atoms with van der Waals surface area (Å²) in [5.74, 6) is 0.503. The van der Waals surface area contributed by atoms with Crippen LogP contribution in [0.4, 0.5) is 5.69 Å². The predicted octanol–water partition coefficient (Wildman–Crippen LogP) is 6.14. The maximum atomic E-state index is 4.87. The fraction of sp³-hybridized carbons (Fsp3) is 0.611. The van der Waals surface area contributed by atoms with E-state index in [4.69, 9.17) is 12.2 Å². The molecule has 0 aliphatic rings. The van der Waals surface area contributed by atoms with E-state index in [9.17, 15) is 0 Å². The summed E-state index contributed by atoms with van der Waals surface area (Å²) in [6.45, 7) is 17.8. The van der Waals surface area contributed by atoms with E-state index in [1.165, 1.54) is 16.7 Å². The first-order chi connectivity index (χ1) is 8.98. The molecule has 1 nitrogen and oxygen atoms in total. The molecule has 0 bridgehead atoms. The standard InChI is InChI=1S/C18H27NS/c1-12(2)13-9-14(17(3,4)5)16(19-11-20)15(10-13)18(6,7)8/h9-10,12H,1-8H3. The van der Waals surface area contributed by atoms with Gasteiger partial charge in [-0.15, -0.1) is 0 Å². The van der Waals surface area contributed by atoms with Gasteiger partial charge in [-0.1, -0.05) is 67.5 Å². The number of aliphatic imine (C=N–C) groups is 1. The summed E-state index contributed by atoms with van der Waals surface area (Å²) >= 11 is 4.87. The average Bonchev–Trinajstić information content (AvgIpc) is 2.26. The third-order valence-corrected chi connectivity index (χ3v) is 3.66. The largest absolute Gasteiger partial charge is 0.194 e. The number of rotatable bonds is 2. The molecule has 0 saturated carbocycles. The normalized spacial score (nSPS) is 12.4. The van der Waals surface area contributed by atoms with E-state index < -0.39 is 0 Å². The van der Waals surface area contributed by atoms with Crippen LogP contribution in [0.2, 0.25) is 0 Å². The Kier molecular flexibility index (Phi) is 4.94. The Labute approximate surface area is 129 Å². The van der Waals surface area contributed by atoms with Crippen LogP contribution in [-0.2, 0) is 10.8 Å². The van der Waals surface area contributed by atoms with E-state index in [1.54, 1.807) is 0 Å².